The number of amides is 1. The summed E-state index contributed by atoms with van der Waals surface area (Å²) in [6, 6.07) is 3.34. The van der Waals surface area contributed by atoms with Crippen molar-refractivity contribution in [2.75, 3.05) is 11.4 Å². The first-order valence-corrected chi connectivity index (χ1v) is 6.56. The summed E-state index contributed by atoms with van der Waals surface area (Å²) in [7, 11) is 0. The maximum atomic E-state index is 11.7. The van der Waals surface area contributed by atoms with E-state index >= 15 is 0 Å². The molecule has 0 bridgehead atoms. The van der Waals surface area contributed by atoms with Crippen LogP contribution in [0.5, 0.6) is 0 Å². The molecule has 1 unspecified atom stereocenters. The summed E-state index contributed by atoms with van der Waals surface area (Å²) in [5, 5.41) is 0.839. The molecule has 2 nitrogen and oxygen atoms in total. The highest BCUT2D eigenvalue weighted by Gasteiger charge is 2.30. The number of rotatable bonds is 1. The average molecular weight is 343 g/mol. The lowest BCUT2D eigenvalue weighted by atomic mass is 10.3. The van der Waals surface area contributed by atoms with Crippen LogP contribution in [0.1, 0.15) is 6.42 Å². The Kier molecular flexibility index (Phi) is 3.69. The van der Waals surface area contributed by atoms with Crippen LogP contribution < -0.4 is 4.90 Å². The largest absolute Gasteiger partial charge is 0.309 e. The zero-order chi connectivity index (χ0) is 11.9. The number of hydrogen-bond acceptors (Lipinski definition) is 1. The zero-order valence-electron chi connectivity index (χ0n) is 8.01. The van der Waals surface area contributed by atoms with Crippen molar-refractivity contribution in [3.8, 4) is 0 Å². The highest BCUT2D eigenvalue weighted by Crippen LogP contribution is 2.36. The van der Waals surface area contributed by atoms with Crippen molar-refractivity contribution in [3.05, 3.63) is 26.7 Å². The Hall–Kier alpha value is 0.0400. The number of benzene rings is 1. The maximum Gasteiger partial charge on any atom is 0.228 e. The van der Waals surface area contributed by atoms with E-state index in [1.165, 1.54) is 0 Å². The van der Waals surface area contributed by atoms with Crippen LogP contribution in [-0.4, -0.2) is 17.8 Å². The minimum Gasteiger partial charge on any atom is -0.309 e. The predicted octanol–water partition coefficient (Wildman–Crippen LogP) is 4.10. The summed E-state index contributed by atoms with van der Waals surface area (Å²) in [6.45, 7) is 0.470. The van der Waals surface area contributed by atoms with Crippen LogP contribution in [0.2, 0.25) is 10.0 Å². The molecule has 0 aliphatic carbocycles. The Bertz CT molecular complexity index is 452. The van der Waals surface area contributed by atoms with Crippen LogP contribution in [-0.2, 0) is 4.79 Å². The molecule has 1 aliphatic rings. The maximum absolute atomic E-state index is 11.7. The average Bonchev–Trinajstić information content (AvgIpc) is 2.51. The molecule has 1 amide bonds. The fourth-order valence-corrected chi connectivity index (χ4v) is 2.78. The fraction of sp³-hybridized carbons (Fsp3) is 0.300. The van der Waals surface area contributed by atoms with Gasteiger partial charge in [-0.1, -0.05) is 23.2 Å². The molecule has 1 atom stereocenters. The lowest BCUT2D eigenvalue weighted by Crippen LogP contribution is -2.24. The van der Waals surface area contributed by atoms with Crippen LogP contribution in [0.25, 0.3) is 0 Å². The van der Waals surface area contributed by atoms with Crippen molar-refractivity contribution in [3.63, 3.8) is 0 Å². The van der Waals surface area contributed by atoms with Crippen molar-refractivity contribution in [1.29, 1.82) is 0 Å². The van der Waals surface area contributed by atoms with Crippen molar-refractivity contribution in [2.45, 2.75) is 11.8 Å². The number of alkyl halides is 1. The second kappa shape index (κ2) is 4.73. The minimum atomic E-state index is -0.161. The highest BCUT2D eigenvalue weighted by atomic mass is 79.9. The molecule has 0 N–H and O–H groups in total. The summed E-state index contributed by atoms with van der Waals surface area (Å²) in [5.41, 5.74) is 0.614. The van der Waals surface area contributed by atoms with Gasteiger partial charge >= 0.3 is 0 Å². The van der Waals surface area contributed by atoms with Gasteiger partial charge in [0.1, 0.15) is 0 Å². The first-order chi connectivity index (χ1) is 7.49. The minimum absolute atomic E-state index is 0.0275. The fourth-order valence-electron chi connectivity index (χ4n) is 1.62. The summed E-state index contributed by atoms with van der Waals surface area (Å²) >= 11 is 21.2. The number of carbonyl (C=O) groups excluding carboxylic acids is 1. The number of carbonyl (C=O) groups is 1. The lowest BCUT2D eigenvalue weighted by Gasteiger charge is -2.18. The topological polar surface area (TPSA) is 20.3 Å². The van der Waals surface area contributed by atoms with E-state index < -0.39 is 0 Å². The third-order valence-electron chi connectivity index (χ3n) is 2.36. The van der Waals surface area contributed by atoms with Crippen LogP contribution in [0.15, 0.2) is 16.6 Å². The van der Waals surface area contributed by atoms with Crippen molar-refractivity contribution >= 4 is 62.3 Å². The predicted molar refractivity (Wildman–Crippen MR) is 70.8 cm³/mol. The van der Waals surface area contributed by atoms with Gasteiger partial charge in [0.15, 0.2) is 0 Å². The second-order valence-electron chi connectivity index (χ2n) is 3.52. The van der Waals surface area contributed by atoms with Crippen molar-refractivity contribution < 1.29 is 4.79 Å². The Labute approximate surface area is 117 Å². The highest BCUT2D eigenvalue weighted by molar-refractivity contribution is 9.10. The van der Waals surface area contributed by atoms with Crippen LogP contribution in [0.3, 0.4) is 0 Å². The van der Waals surface area contributed by atoms with Gasteiger partial charge in [0.2, 0.25) is 5.91 Å². The van der Waals surface area contributed by atoms with E-state index in [-0.39, 0.29) is 11.3 Å². The molecule has 6 heteroatoms. The normalized spacial score (nSPS) is 20.6. The lowest BCUT2D eigenvalue weighted by molar-refractivity contribution is -0.117. The van der Waals surface area contributed by atoms with Gasteiger partial charge in [-0.25, -0.2) is 0 Å². The summed E-state index contributed by atoms with van der Waals surface area (Å²) in [6.07, 6.45) is 0.339. The Morgan fingerprint density at radius 1 is 1.31 bits per heavy atom. The molecular weight excluding hydrogens is 336 g/mol. The Balaban J connectivity index is 2.41. The number of anilines is 1. The Morgan fingerprint density at radius 3 is 2.56 bits per heavy atom. The van der Waals surface area contributed by atoms with E-state index in [0.717, 1.165) is 0 Å². The van der Waals surface area contributed by atoms with Gasteiger partial charge in [-0.15, -0.1) is 11.6 Å². The second-order valence-corrected chi connectivity index (χ2v) is 5.81. The van der Waals surface area contributed by atoms with Gasteiger partial charge in [-0.05, 0) is 28.1 Å². The molecule has 86 valence electrons. The monoisotopic (exact) mass is 341 g/mol. The van der Waals surface area contributed by atoms with Gasteiger partial charge in [0.25, 0.3) is 0 Å². The van der Waals surface area contributed by atoms with E-state index in [4.69, 9.17) is 34.8 Å². The van der Waals surface area contributed by atoms with Crippen LogP contribution >= 0.6 is 50.7 Å². The molecule has 16 heavy (non-hydrogen) atoms. The Morgan fingerprint density at radius 2 is 2.00 bits per heavy atom. The SMILES string of the molecule is O=C1CC(Cl)CN1c1cc(Cl)c(Br)cc1Cl. The summed E-state index contributed by atoms with van der Waals surface area (Å²) in [5.74, 6) is -0.0275. The zero-order valence-corrected chi connectivity index (χ0v) is 11.9. The van der Waals surface area contributed by atoms with Crippen LogP contribution in [0.4, 0.5) is 5.69 Å². The third kappa shape index (κ3) is 2.33. The van der Waals surface area contributed by atoms with Gasteiger partial charge in [-0.3, -0.25) is 4.79 Å². The molecule has 1 heterocycles. The summed E-state index contributed by atoms with van der Waals surface area (Å²) in [4.78, 5) is 13.2. The molecule has 1 aliphatic heterocycles. The van der Waals surface area contributed by atoms with Crippen molar-refractivity contribution in [2.24, 2.45) is 0 Å². The van der Waals surface area contributed by atoms with Gasteiger partial charge in [0.05, 0.1) is 21.1 Å². The first kappa shape index (κ1) is 12.5. The number of hydrogen-bond donors (Lipinski definition) is 0. The van der Waals surface area contributed by atoms with Gasteiger partial charge in [-0.2, -0.15) is 0 Å². The van der Waals surface area contributed by atoms with Gasteiger partial charge < -0.3 is 4.90 Å². The molecule has 1 saturated heterocycles. The molecule has 1 aromatic rings. The van der Waals surface area contributed by atoms with E-state index in [1.807, 2.05) is 0 Å². The molecule has 0 aromatic heterocycles. The van der Waals surface area contributed by atoms with Crippen molar-refractivity contribution in [1.82, 2.24) is 0 Å². The number of halogens is 4. The van der Waals surface area contributed by atoms with E-state index in [9.17, 15) is 4.79 Å². The van der Waals surface area contributed by atoms with Gasteiger partial charge in [0, 0.05) is 17.4 Å². The molecule has 1 fully saturated rings. The third-order valence-corrected chi connectivity index (χ3v) is 4.15. The quantitative estimate of drug-likeness (QED) is 0.555. The van der Waals surface area contributed by atoms with E-state index in [0.29, 0.717) is 33.2 Å². The standard InChI is InChI=1S/C10H7BrCl3NO/c11-6-2-8(14)9(3-7(6)13)15-4-5(12)1-10(15)16/h2-3,5H,1,4H2. The molecule has 0 saturated carbocycles. The molecule has 1 aromatic carbocycles. The van der Waals surface area contributed by atoms with Crippen LogP contribution in [0, 0.1) is 0 Å². The molecule has 2 rings (SSSR count). The molecule has 0 radical (unpaired) electrons. The first-order valence-electron chi connectivity index (χ1n) is 4.58. The molecule has 0 spiro atoms. The van der Waals surface area contributed by atoms with E-state index in [1.54, 1.807) is 17.0 Å². The summed E-state index contributed by atoms with van der Waals surface area (Å²) < 4.78 is 0.706. The number of nitrogens with zero attached hydrogens (tertiary/aromatic N) is 1. The van der Waals surface area contributed by atoms with E-state index in [2.05, 4.69) is 15.9 Å². The smallest absolute Gasteiger partial charge is 0.228 e. The molecular formula is C10H7BrCl3NO.